The number of halogens is 1. The minimum atomic E-state index is -0.542. The average Bonchev–Trinajstić information content (AvgIpc) is 2.72. The van der Waals surface area contributed by atoms with Crippen molar-refractivity contribution in [1.29, 1.82) is 0 Å². The molecule has 1 unspecified atom stereocenters. The van der Waals surface area contributed by atoms with Gasteiger partial charge in [-0.3, -0.25) is 4.79 Å². The van der Waals surface area contributed by atoms with E-state index in [4.69, 9.17) is 16.3 Å². The molecule has 0 aliphatic rings. The molecule has 0 saturated carbocycles. The van der Waals surface area contributed by atoms with Gasteiger partial charge < -0.3 is 15.4 Å². The summed E-state index contributed by atoms with van der Waals surface area (Å²) in [6.07, 6.45) is 0. The largest absolute Gasteiger partial charge is 0.497 e. The fraction of sp³-hybridized carbons (Fsp3) is 0.136. The molecule has 3 aromatic carbocycles. The molecule has 0 aliphatic carbocycles. The van der Waals surface area contributed by atoms with E-state index < -0.39 is 6.04 Å². The number of hydrogen-bond donors (Lipinski definition) is 2. The molecule has 0 fully saturated rings. The number of rotatable bonds is 7. The molecule has 1 amide bonds. The smallest absolute Gasteiger partial charge is 0.247 e. The summed E-state index contributed by atoms with van der Waals surface area (Å²) in [6, 6.07) is 24.0. The minimum absolute atomic E-state index is 0.114. The molecular weight excluding hydrogens is 360 g/mol. The molecule has 0 radical (unpaired) electrons. The van der Waals surface area contributed by atoms with Crippen LogP contribution in [0.3, 0.4) is 0 Å². The number of anilines is 1. The summed E-state index contributed by atoms with van der Waals surface area (Å²) in [5.41, 5.74) is 2.71. The van der Waals surface area contributed by atoms with Gasteiger partial charge in [0.05, 0.1) is 7.11 Å². The molecule has 2 N–H and O–H groups in total. The SMILES string of the molecule is COc1ccc(NC(C(=O)NCc2ccccc2)c2ccc(Cl)cc2)cc1. The van der Waals surface area contributed by atoms with Crippen molar-refractivity contribution < 1.29 is 9.53 Å². The monoisotopic (exact) mass is 380 g/mol. The van der Waals surface area contributed by atoms with Gasteiger partial charge in [0.15, 0.2) is 0 Å². The molecule has 138 valence electrons. The quantitative estimate of drug-likeness (QED) is 0.618. The molecule has 0 spiro atoms. The van der Waals surface area contributed by atoms with Crippen molar-refractivity contribution >= 4 is 23.2 Å². The van der Waals surface area contributed by atoms with Crippen LogP contribution in [0.4, 0.5) is 5.69 Å². The summed E-state index contributed by atoms with van der Waals surface area (Å²) in [5, 5.41) is 6.92. The third-order valence-corrected chi connectivity index (χ3v) is 4.43. The van der Waals surface area contributed by atoms with Gasteiger partial charge in [0, 0.05) is 17.3 Å². The van der Waals surface area contributed by atoms with E-state index in [1.807, 2.05) is 66.7 Å². The Balaban J connectivity index is 1.77. The van der Waals surface area contributed by atoms with Crippen molar-refractivity contribution in [2.45, 2.75) is 12.6 Å². The van der Waals surface area contributed by atoms with Crippen LogP contribution in [0.2, 0.25) is 5.02 Å². The Labute approximate surface area is 164 Å². The summed E-state index contributed by atoms with van der Waals surface area (Å²) in [4.78, 5) is 12.9. The first-order valence-electron chi connectivity index (χ1n) is 8.63. The lowest BCUT2D eigenvalue weighted by Gasteiger charge is -2.20. The second-order valence-corrected chi connectivity index (χ2v) is 6.50. The van der Waals surface area contributed by atoms with Gasteiger partial charge in [-0.2, -0.15) is 0 Å². The zero-order valence-corrected chi connectivity index (χ0v) is 15.7. The zero-order chi connectivity index (χ0) is 19.1. The topological polar surface area (TPSA) is 50.4 Å². The van der Waals surface area contributed by atoms with Gasteiger partial charge in [-0.25, -0.2) is 0 Å². The fourth-order valence-electron chi connectivity index (χ4n) is 2.70. The normalized spacial score (nSPS) is 11.5. The number of carbonyl (C=O) groups excluding carboxylic acids is 1. The second-order valence-electron chi connectivity index (χ2n) is 6.06. The average molecular weight is 381 g/mol. The summed E-state index contributed by atoms with van der Waals surface area (Å²) in [5.74, 6) is 0.647. The van der Waals surface area contributed by atoms with Crippen molar-refractivity contribution in [2.24, 2.45) is 0 Å². The summed E-state index contributed by atoms with van der Waals surface area (Å²) < 4.78 is 5.19. The van der Waals surface area contributed by atoms with Gasteiger partial charge in [0.25, 0.3) is 0 Å². The first-order valence-corrected chi connectivity index (χ1v) is 9.01. The van der Waals surface area contributed by atoms with E-state index in [-0.39, 0.29) is 5.91 Å². The molecule has 0 aliphatic heterocycles. The van der Waals surface area contributed by atoms with Crippen molar-refractivity contribution in [3.63, 3.8) is 0 Å². The van der Waals surface area contributed by atoms with Crippen molar-refractivity contribution in [1.82, 2.24) is 5.32 Å². The Morgan fingerprint density at radius 2 is 1.63 bits per heavy atom. The number of ether oxygens (including phenoxy) is 1. The van der Waals surface area contributed by atoms with Crippen LogP contribution in [-0.4, -0.2) is 13.0 Å². The number of methoxy groups -OCH3 is 1. The van der Waals surface area contributed by atoms with E-state index in [2.05, 4.69) is 10.6 Å². The van der Waals surface area contributed by atoms with Gasteiger partial charge in [-0.05, 0) is 47.5 Å². The summed E-state index contributed by atoms with van der Waals surface area (Å²) in [7, 11) is 1.62. The highest BCUT2D eigenvalue weighted by atomic mass is 35.5. The number of amides is 1. The van der Waals surface area contributed by atoms with E-state index in [1.54, 1.807) is 19.2 Å². The van der Waals surface area contributed by atoms with Gasteiger partial charge >= 0.3 is 0 Å². The van der Waals surface area contributed by atoms with Crippen molar-refractivity contribution in [2.75, 3.05) is 12.4 Å². The standard InChI is InChI=1S/C22H21ClN2O2/c1-27-20-13-11-19(12-14-20)25-21(17-7-9-18(23)10-8-17)22(26)24-15-16-5-3-2-4-6-16/h2-14,21,25H,15H2,1H3,(H,24,26). The maximum Gasteiger partial charge on any atom is 0.247 e. The molecular formula is C22H21ClN2O2. The van der Waals surface area contributed by atoms with Crippen LogP contribution >= 0.6 is 11.6 Å². The highest BCUT2D eigenvalue weighted by molar-refractivity contribution is 6.30. The maximum atomic E-state index is 12.9. The number of hydrogen-bond acceptors (Lipinski definition) is 3. The molecule has 0 aromatic heterocycles. The molecule has 1 atom stereocenters. The van der Waals surface area contributed by atoms with Crippen LogP contribution in [0.15, 0.2) is 78.9 Å². The Hall–Kier alpha value is -2.98. The summed E-state index contributed by atoms with van der Waals surface area (Å²) in [6.45, 7) is 0.466. The Morgan fingerprint density at radius 3 is 2.26 bits per heavy atom. The first kappa shape index (κ1) is 18.8. The van der Waals surface area contributed by atoms with E-state index in [9.17, 15) is 4.79 Å². The number of benzene rings is 3. The Kier molecular flexibility index (Phi) is 6.34. The lowest BCUT2D eigenvalue weighted by atomic mass is 10.1. The van der Waals surface area contributed by atoms with E-state index in [0.29, 0.717) is 11.6 Å². The van der Waals surface area contributed by atoms with Crippen molar-refractivity contribution in [3.8, 4) is 5.75 Å². The van der Waals surface area contributed by atoms with E-state index >= 15 is 0 Å². The minimum Gasteiger partial charge on any atom is -0.497 e. The van der Waals surface area contributed by atoms with Crippen LogP contribution in [-0.2, 0) is 11.3 Å². The third-order valence-electron chi connectivity index (χ3n) is 4.18. The molecule has 4 nitrogen and oxygen atoms in total. The predicted octanol–water partition coefficient (Wildman–Crippen LogP) is 4.82. The van der Waals surface area contributed by atoms with Gasteiger partial charge in [-0.1, -0.05) is 54.1 Å². The maximum absolute atomic E-state index is 12.9. The van der Waals surface area contributed by atoms with Crippen LogP contribution in [0.5, 0.6) is 5.75 Å². The highest BCUT2D eigenvalue weighted by Gasteiger charge is 2.20. The number of nitrogens with one attached hydrogen (secondary N) is 2. The third kappa shape index (κ3) is 5.25. The Morgan fingerprint density at radius 1 is 0.963 bits per heavy atom. The molecule has 0 saturated heterocycles. The van der Waals surface area contributed by atoms with Crippen LogP contribution in [0.25, 0.3) is 0 Å². The molecule has 0 heterocycles. The van der Waals surface area contributed by atoms with Crippen LogP contribution in [0.1, 0.15) is 17.2 Å². The zero-order valence-electron chi connectivity index (χ0n) is 15.0. The number of carbonyl (C=O) groups is 1. The summed E-state index contributed by atoms with van der Waals surface area (Å²) >= 11 is 6.00. The van der Waals surface area contributed by atoms with E-state index in [1.165, 1.54) is 0 Å². The first-order chi connectivity index (χ1) is 13.2. The fourth-order valence-corrected chi connectivity index (χ4v) is 2.82. The van der Waals surface area contributed by atoms with Gasteiger partial charge in [0.2, 0.25) is 5.91 Å². The highest BCUT2D eigenvalue weighted by Crippen LogP contribution is 2.23. The lowest BCUT2D eigenvalue weighted by Crippen LogP contribution is -2.33. The predicted molar refractivity (Wildman–Crippen MR) is 109 cm³/mol. The molecule has 27 heavy (non-hydrogen) atoms. The van der Waals surface area contributed by atoms with Crippen LogP contribution < -0.4 is 15.4 Å². The molecule has 5 heteroatoms. The van der Waals surface area contributed by atoms with Gasteiger partial charge in [-0.15, -0.1) is 0 Å². The molecule has 3 rings (SSSR count). The van der Waals surface area contributed by atoms with Gasteiger partial charge in [0.1, 0.15) is 11.8 Å². The molecule has 0 bridgehead atoms. The molecule has 3 aromatic rings. The second kappa shape index (κ2) is 9.10. The lowest BCUT2D eigenvalue weighted by molar-refractivity contribution is -0.122. The van der Waals surface area contributed by atoms with Crippen molar-refractivity contribution in [3.05, 3.63) is 95.0 Å². The van der Waals surface area contributed by atoms with Crippen LogP contribution in [0, 0.1) is 0 Å². The van der Waals surface area contributed by atoms with E-state index in [0.717, 1.165) is 22.6 Å². The Bertz CT molecular complexity index is 865.